The number of ether oxygens (including phenoxy) is 1. The Hall–Kier alpha value is -1.23. The Kier molecular flexibility index (Phi) is 6.70. The van der Waals surface area contributed by atoms with Crippen molar-refractivity contribution >= 4 is 16.0 Å². The van der Waals surface area contributed by atoms with Gasteiger partial charge in [-0.15, -0.1) is 5.10 Å². The van der Waals surface area contributed by atoms with Crippen LogP contribution in [0.3, 0.4) is 0 Å². The summed E-state index contributed by atoms with van der Waals surface area (Å²) in [5.74, 6) is 0.453. The molecule has 3 N–H and O–H groups in total. The first-order valence-corrected chi connectivity index (χ1v) is 7.61. The van der Waals surface area contributed by atoms with Gasteiger partial charge in [-0.2, -0.15) is 0 Å². The Morgan fingerprint density at radius 2 is 2.05 bits per heavy atom. The summed E-state index contributed by atoms with van der Waals surface area (Å²) >= 11 is 0. The van der Waals surface area contributed by atoms with E-state index in [1.54, 1.807) is 7.11 Å². The predicted octanol–water partition coefficient (Wildman–Crippen LogP) is -1.23. The summed E-state index contributed by atoms with van der Waals surface area (Å²) < 4.78 is 34.1. The summed E-state index contributed by atoms with van der Waals surface area (Å²) in [6, 6.07) is 0.263. The number of anilines is 1. The van der Waals surface area contributed by atoms with Gasteiger partial charge < -0.3 is 19.8 Å². The third-order valence-electron chi connectivity index (χ3n) is 1.99. The Bertz CT molecular complexity index is 461. The fourth-order valence-electron chi connectivity index (χ4n) is 1.17. The first-order valence-electron chi connectivity index (χ1n) is 5.72. The largest absolute Gasteiger partial charge is 0.407 e. The molecule has 0 aromatic carbocycles. The number of sulfonamides is 1. The molecule has 0 amide bonds. The van der Waals surface area contributed by atoms with Gasteiger partial charge >= 0.3 is 6.01 Å². The lowest BCUT2D eigenvalue weighted by Crippen LogP contribution is -2.27. The van der Waals surface area contributed by atoms with E-state index in [0.717, 1.165) is 6.26 Å². The summed E-state index contributed by atoms with van der Waals surface area (Å²) in [7, 11) is -1.54. The second-order valence-corrected chi connectivity index (χ2v) is 5.60. The lowest BCUT2D eigenvalue weighted by atomic mass is 10.6. The molecule has 0 unspecified atom stereocenters. The molecular weight excluding hydrogens is 274 g/mol. The SMILES string of the molecule is COCCNCc1nnc(NCCNS(C)(=O)=O)o1. The van der Waals surface area contributed by atoms with Crippen LogP contribution in [0.15, 0.2) is 4.42 Å². The molecule has 0 aliphatic carbocycles. The highest BCUT2D eigenvalue weighted by molar-refractivity contribution is 7.88. The lowest BCUT2D eigenvalue weighted by molar-refractivity contribution is 0.198. The zero-order valence-electron chi connectivity index (χ0n) is 11.0. The zero-order valence-corrected chi connectivity index (χ0v) is 11.8. The molecule has 110 valence electrons. The van der Waals surface area contributed by atoms with E-state index in [9.17, 15) is 8.42 Å². The second-order valence-electron chi connectivity index (χ2n) is 3.76. The van der Waals surface area contributed by atoms with Crippen LogP contribution >= 0.6 is 0 Å². The fraction of sp³-hybridized carbons (Fsp3) is 0.778. The normalized spacial score (nSPS) is 11.7. The maximum Gasteiger partial charge on any atom is 0.315 e. The van der Waals surface area contributed by atoms with Crippen LogP contribution in [-0.4, -0.2) is 58.2 Å². The molecule has 0 fully saturated rings. The summed E-state index contributed by atoms with van der Waals surface area (Å²) in [6.07, 6.45) is 1.10. The van der Waals surface area contributed by atoms with Crippen LogP contribution in [0, 0.1) is 0 Å². The van der Waals surface area contributed by atoms with Crippen molar-refractivity contribution in [3.05, 3.63) is 5.89 Å². The van der Waals surface area contributed by atoms with Crippen LogP contribution in [0.5, 0.6) is 0 Å². The topological polar surface area (TPSA) is 118 Å². The molecule has 0 aliphatic heterocycles. The average molecular weight is 293 g/mol. The number of rotatable bonds is 10. The van der Waals surface area contributed by atoms with Crippen molar-refractivity contribution < 1.29 is 17.6 Å². The monoisotopic (exact) mass is 293 g/mol. The molecule has 1 rings (SSSR count). The molecule has 0 saturated heterocycles. The van der Waals surface area contributed by atoms with Gasteiger partial charge in [0.25, 0.3) is 0 Å². The quantitative estimate of drug-likeness (QED) is 0.459. The van der Waals surface area contributed by atoms with Crippen molar-refractivity contribution in [2.24, 2.45) is 0 Å². The Morgan fingerprint density at radius 3 is 2.74 bits per heavy atom. The lowest BCUT2D eigenvalue weighted by Gasteiger charge is -2.02. The average Bonchev–Trinajstić information content (AvgIpc) is 2.77. The van der Waals surface area contributed by atoms with Gasteiger partial charge in [-0.3, -0.25) is 0 Å². The highest BCUT2D eigenvalue weighted by Crippen LogP contribution is 2.03. The minimum Gasteiger partial charge on any atom is -0.407 e. The van der Waals surface area contributed by atoms with Gasteiger partial charge in [-0.1, -0.05) is 5.10 Å². The van der Waals surface area contributed by atoms with E-state index in [-0.39, 0.29) is 12.6 Å². The van der Waals surface area contributed by atoms with Gasteiger partial charge in [0.05, 0.1) is 19.4 Å². The summed E-state index contributed by atoms with van der Waals surface area (Å²) in [5, 5.41) is 13.5. The Labute approximate surface area is 112 Å². The van der Waals surface area contributed by atoms with Gasteiger partial charge in [0.2, 0.25) is 15.9 Å². The van der Waals surface area contributed by atoms with E-state index >= 15 is 0 Å². The van der Waals surface area contributed by atoms with E-state index in [1.165, 1.54) is 0 Å². The zero-order chi connectivity index (χ0) is 14.1. The van der Waals surface area contributed by atoms with Crippen LogP contribution in [0.1, 0.15) is 5.89 Å². The van der Waals surface area contributed by atoms with Crippen molar-refractivity contribution in [1.29, 1.82) is 0 Å². The molecular formula is C9H19N5O4S. The minimum atomic E-state index is -3.17. The first-order chi connectivity index (χ1) is 9.01. The number of nitrogens with zero attached hydrogens (tertiary/aromatic N) is 2. The summed E-state index contributed by atoms with van der Waals surface area (Å²) in [6.45, 7) is 2.38. The Balaban J connectivity index is 2.19. The van der Waals surface area contributed by atoms with Crippen LogP contribution in [0.25, 0.3) is 0 Å². The van der Waals surface area contributed by atoms with Crippen molar-refractivity contribution in [2.45, 2.75) is 6.54 Å². The van der Waals surface area contributed by atoms with Crippen LogP contribution < -0.4 is 15.4 Å². The summed E-state index contributed by atoms with van der Waals surface area (Å²) in [5.41, 5.74) is 0. The van der Waals surface area contributed by atoms with E-state index in [1.807, 2.05) is 0 Å². The second kappa shape index (κ2) is 8.04. The molecule has 1 aromatic heterocycles. The number of aromatic nitrogens is 2. The molecule has 0 bridgehead atoms. The number of hydrogen-bond donors (Lipinski definition) is 3. The van der Waals surface area contributed by atoms with Crippen LogP contribution in [0.4, 0.5) is 6.01 Å². The molecule has 0 spiro atoms. The third kappa shape index (κ3) is 7.72. The molecule has 19 heavy (non-hydrogen) atoms. The Morgan fingerprint density at radius 1 is 1.26 bits per heavy atom. The number of hydrogen-bond acceptors (Lipinski definition) is 8. The fourth-order valence-corrected chi connectivity index (χ4v) is 1.64. The first kappa shape index (κ1) is 15.8. The van der Waals surface area contributed by atoms with Crippen molar-refractivity contribution in [1.82, 2.24) is 20.2 Å². The molecule has 9 nitrogen and oxygen atoms in total. The molecule has 0 atom stereocenters. The highest BCUT2D eigenvalue weighted by Gasteiger charge is 2.05. The molecule has 1 heterocycles. The van der Waals surface area contributed by atoms with Gasteiger partial charge in [0.15, 0.2) is 0 Å². The number of methoxy groups -OCH3 is 1. The van der Waals surface area contributed by atoms with E-state index in [0.29, 0.717) is 32.1 Å². The minimum absolute atomic E-state index is 0.253. The van der Waals surface area contributed by atoms with Gasteiger partial charge in [-0.25, -0.2) is 13.1 Å². The summed E-state index contributed by atoms with van der Waals surface area (Å²) in [4.78, 5) is 0. The van der Waals surface area contributed by atoms with Gasteiger partial charge in [-0.05, 0) is 0 Å². The van der Waals surface area contributed by atoms with Gasteiger partial charge in [0.1, 0.15) is 0 Å². The predicted molar refractivity (Wildman–Crippen MR) is 69.2 cm³/mol. The maximum atomic E-state index is 10.8. The highest BCUT2D eigenvalue weighted by atomic mass is 32.2. The van der Waals surface area contributed by atoms with Crippen LogP contribution in [-0.2, 0) is 21.3 Å². The molecule has 0 radical (unpaired) electrons. The molecule has 10 heteroatoms. The van der Waals surface area contributed by atoms with E-state index in [2.05, 4.69) is 25.6 Å². The number of nitrogens with one attached hydrogen (secondary N) is 3. The smallest absolute Gasteiger partial charge is 0.315 e. The van der Waals surface area contributed by atoms with E-state index < -0.39 is 10.0 Å². The standard InChI is InChI=1S/C9H19N5O4S/c1-17-6-5-10-7-8-13-14-9(18-8)11-3-4-12-19(2,15)16/h10,12H,3-7H2,1-2H3,(H,11,14). The molecule has 0 aliphatic rings. The third-order valence-corrected chi connectivity index (χ3v) is 2.72. The van der Waals surface area contributed by atoms with Crippen molar-refractivity contribution in [2.75, 3.05) is 44.9 Å². The molecule has 0 saturated carbocycles. The van der Waals surface area contributed by atoms with Gasteiger partial charge in [0, 0.05) is 26.7 Å². The maximum absolute atomic E-state index is 10.8. The van der Waals surface area contributed by atoms with Crippen molar-refractivity contribution in [3.63, 3.8) is 0 Å². The van der Waals surface area contributed by atoms with Crippen LogP contribution in [0.2, 0.25) is 0 Å². The van der Waals surface area contributed by atoms with Crippen molar-refractivity contribution in [3.8, 4) is 0 Å². The molecule has 1 aromatic rings. The van der Waals surface area contributed by atoms with E-state index in [4.69, 9.17) is 9.15 Å².